The number of carbonyl (C=O) groups excluding carboxylic acids is 1. The lowest BCUT2D eigenvalue weighted by Crippen LogP contribution is -2.68. The number of carboxylic acid groups (broad SMARTS) is 1. The van der Waals surface area contributed by atoms with Crippen molar-refractivity contribution in [2.24, 2.45) is 0 Å². The molecular weight excluding hydrogens is 576 g/mol. The number of hydrogen-bond acceptors (Lipinski definition) is 16. The molecular formula is C23H32N2O17. The van der Waals surface area contributed by atoms with Crippen molar-refractivity contribution in [2.75, 3.05) is 19.8 Å². The Morgan fingerprint density at radius 3 is 2.29 bits per heavy atom. The first-order valence-corrected chi connectivity index (χ1v) is 12.5. The quantitative estimate of drug-likeness (QED) is 0.0783. The molecule has 10 N–H and O–H groups in total. The predicted molar refractivity (Wildman–Crippen MR) is 130 cm³/mol. The number of hydrogen-bond donors (Lipinski definition) is 10. The number of aliphatic carboxylic acids is 1. The van der Waals surface area contributed by atoms with Crippen LogP contribution in [0, 0.1) is 10.1 Å². The van der Waals surface area contributed by atoms with Gasteiger partial charge in [-0.2, -0.15) is 0 Å². The van der Waals surface area contributed by atoms with Gasteiger partial charge in [-0.15, -0.1) is 0 Å². The smallest absolute Gasteiger partial charge is 0.364 e. The van der Waals surface area contributed by atoms with Gasteiger partial charge in [0.25, 0.3) is 11.5 Å². The van der Waals surface area contributed by atoms with Gasteiger partial charge in [-0.05, 0) is 12.1 Å². The van der Waals surface area contributed by atoms with E-state index in [0.29, 0.717) is 0 Å². The molecule has 2 fully saturated rings. The highest BCUT2D eigenvalue weighted by Crippen LogP contribution is 2.35. The largest absolute Gasteiger partial charge is 0.477 e. The molecule has 236 valence electrons. The van der Waals surface area contributed by atoms with E-state index in [-0.39, 0.29) is 11.4 Å². The van der Waals surface area contributed by atoms with E-state index >= 15 is 0 Å². The molecule has 2 aliphatic rings. The molecule has 1 aromatic carbocycles. The van der Waals surface area contributed by atoms with Gasteiger partial charge in [0.05, 0.1) is 30.3 Å². The molecule has 0 aliphatic carbocycles. The van der Waals surface area contributed by atoms with Crippen molar-refractivity contribution >= 4 is 17.6 Å². The number of nitrogens with zero attached hydrogens (tertiary/aromatic N) is 1. The lowest BCUT2D eigenvalue weighted by molar-refractivity contribution is -0.384. The molecule has 0 bridgehead atoms. The van der Waals surface area contributed by atoms with E-state index < -0.39 is 110 Å². The Bertz CT molecular complexity index is 1090. The zero-order valence-electron chi connectivity index (χ0n) is 21.6. The standard InChI is InChI=1S/C23H32N2O17/c26-6-12(29)16(31)20-15(24-14(30)7-27)11(28)5-23(42-20,22(35)36)39-8-13-17(32)18(33)19(34)21(41-13)40-10-3-1-9(2-4-10)25(37)38/h1-4,11-13,15-21,26-29,31-34H,5-8H2,(H,24,30)(H,35,36)/t11-,12-,13?,15-,16-,17+,18?,19?,20?,21-,23-/m1/s1. The first-order chi connectivity index (χ1) is 19.7. The first-order valence-electron chi connectivity index (χ1n) is 12.5. The number of carbonyl (C=O) groups is 2. The third kappa shape index (κ3) is 7.27. The van der Waals surface area contributed by atoms with Crippen molar-refractivity contribution in [1.82, 2.24) is 5.32 Å². The van der Waals surface area contributed by atoms with Gasteiger partial charge in [0.15, 0.2) is 0 Å². The Morgan fingerprint density at radius 1 is 1.10 bits per heavy atom. The lowest BCUT2D eigenvalue weighted by Gasteiger charge is -2.47. The van der Waals surface area contributed by atoms with Gasteiger partial charge in [0, 0.05) is 18.6 Å². The number of nitro benzene ring substituents is 1. The molecule has 1 amide bonds. The topological polar surface area (TPSA) is 308 Å². The van der Waals surface area contributed by atoms with Gasteiger partial charge in [0.1, 0.15) is 55.1 Å². The maximum absolute atomic E-state index is 12.3. The minimum atomic E-state index is -2.82. The van der Waals surface area contributed by atoms with Crippen LogP contribution >= 0.6 is 0 Å². The van der Waals surface area contributed by atoms with Gasteiger partial charge in [0.2, 0.25) is 12.2 Å². The SMILES string of the molecule is O=C(CO)N[C@H]1C([C@H](O)[C@H](O)CO)O[C@@](OCC2O[C@@H](Oc3ccc([N+](=O)[O-])cc3)C(O)C(O)[C@H]2O)(C(=O)O)C[C@H]1O. The zero-order valence-corrected chi connectivity index (χ0v) is 21.6. The second kappa shape index (κ2) is 13.9. The van der Waals surface area contributed by atoms with Gasteiger partial charge >= 0.3 is 5.97 Å². The molecule has 2 saturated heterocycles. The summed E-state index contributed by atoms with van der Waals surface area (Å²) in [5.74, 6) is -5.77. The second-order valence-corrected chi connectivity index (χ2v) is 9.60. The summed E-state index contributed by atoms with van der Waals surface area (Å²) >= 11 is 0. The number of non-ortho nitro benzene ring substituents is 1. The van der Waals surface area contributed by atoms with Gasteiger partial charge < -0.3 is 70.2 Å². The highest BCUT2D eigenvalue weighted by atomic mass is 16.7. The molecule has 42 heavy (non-hydrogen) atoms. The Hall–Kier alpha value is -3.08. The zero-order chi connectivity index (χ0) is 31.4. The number of benzene rings is 1. The fourth-order valence-electron chi connectivity index (χ4n) is 4.42. The van der Waals surface area contributed by atoms with Gasteiger partial charge in [-0.3, -0.25) is 14.9 Å². The summed E-state index contributed by atoms with van der Waals surface area (Å²) in [6, 6.07) is 2.93. The number of rotatable bonds is 12. The molecule has 4 unspecified atom stereocenters. The minimum absolute atomic E-state index is 0.0381. The average Bonchev–Trinajstić information content (AvgIpc) is 2.97. The van der Waals surface area contributed by atoms with E-state index in [1.54, 1.807) is 0 Å². The molecule has 2 aliphatic heterocycles. The Balaban J connectivity index is 1.81. The van der Waals surface area contributed by atoms with Crippen molar-refractivity contribution in [1.29, 1.82) is 0 Å². The monoisotopic (exact) mass is 608 g/mol. The summed E-state index contributed by atoms with van der Waals surface area (Å²) in [5, 5.41) is 103. The van der Waals surface area contributed by atoms with Crippen LogP contribution in [0.3, 0.4) is 0 Å². The van der Waals surface area contributed by atoms with Crippen LogP contribution in [0.25, 0.3) is 0 Å². The molecule has 11 atom stereocenters. The van der Waals surface area contributed by atoms with Gasteiger partial charge in [-0.1, -0.05) is 0 Å². The third-order valence-electron chi connectivity index (χ3n) is 6.74. The Morgan fingerprint density at radius 2 is 1.74 bits per heavy atom. The third-order valence-corrected chi connectivity index (χ3v) is 6.74. The first kappa shape index (κ1) is 33.4. The number of nitro groups is 1. The number of nitrogens with one attached hydrogen (secondary N) is 1. The summed E-state index contributed by atoms with van der Waals surface area (Å²) in [7, 11) is 0. The number of ether oxygens (including phenoxy) is 4. The Kier molecular flexibility index (Phi) is 11.1. The highest BCUT2D eigenvalue weighted by Gasteiger charge is 2.57. The molecule has 19 heteroatoms. The molecule has 0 aromatic heterocycles. The maximum Gasteiger partial charge on any atom is 0.364 e. The predicted octanol–water partition coefficient (Wildman–Crippen LogP) is -5.08. The number of amides is 1. The molecule has 0 saturated carbocycles. The van der Waals surface area contributed by atoms with E-state index in [0.717, 1.165) is 12.1 Å². The lowest BCUT2D eigenvalue weighted by atomic mass is 9.88. The molecule has 3 rings (SSSR count). The average molecular weight is 609 g/mol. The van der Waals surface area contributed by atoms with Crippen LogP contribution in [0.4, 0.5) is 5.69 Å². The summed E-state index contributed by atoms with van der Waals surface area (Å²) in [6.45, 7) is -2.98. The van der Waals surface area contributed by atoms with E-state index in [4.69, 9.17) is 24.1 Å². The van der Waals surface area contributed by atoms with Crippen molar-refractivity contribution in [3.8, 4) is 5.75 Å². The van der Waals surface area contributed by atoms with E-state index in [1.165, 1.54) is 12.1 Å². The molecule has 0 radical (unpaired) electrons. The van der Waals surface area contributed by atoms with Crippen LogP contribution in [-0.4, -0.2) is 150 Å². The summed E-state index contributed by atoms with van der Waals surface area (Å²) < 4.78 is 21.7. The fourth-order valence-corrected chi connectivity index (χ4v) is 4.42. The number of carboxylic acids is 1. The van der Waals surface area contributed by atoms with Crippen LogP contribution in [0.5, 0.6) is 5.75 Å². The summed E-state index contributed by atoms with van der Waals surface area (Å²) in [6.07, 6.45) is -17.6. The number of aliphatic hydroxyl groups is 8. The van der Waals surface area contributed by atoms with Crippen molar-refractivity contribution < 1.29 is 79.4 Å². The summed E-state index contributed by atoms with van der Waals surface area (Å²) in [4.78, 5) is 34.3. The van der Waals surface area contributed by atoms with E-state index in [9.17, 15) is 60.6 Å². The molecule has 0 spiro atoms. The maximum atomic E-state index is 12.3. The van der Waals surface area contributed by atoms with Crippen LogP contribution in [0.1, 0.15) is 6.42 Å². The van der Waals surface area contributed by atoms with Crippen molar-refractivity contribution in [3.05, 3.63) is 34.4 Å². The molecule has 19 nitrogen and oxygen atoms in total. The molecule has 1 aromatic rings. The highest BCUT2D eigenvalue weighted by molar-refractivity contribution is 5.78. The van der Waals surface area contributed by atoms with E-state index in [2.05, 4.69) is 5.32 Å². The van der Waals surface area contributed by atoms with E-state index in [1.807, 2.05) is 0 Å². The second-order valence-electron chi connectivity index (χ2n) is 9.60. The van der Waals surface area contributed by atoms with Crippen LogP contribution in [0.2, 0.25) is 0 Å². The molecule has 2 heterocycles. The Labute approximate surface area is 236 Å². The van der Waals surface area contributed by atoms with Crippen molar-refractivity contribution in [3.63, 3.8) is 0 Å². The summed E-state index contributed by atoms with van der Waals surface area (Å²) in [5.41, 5.74) is -0.268. The van der Waals surface area contributed by atoms with Crippen LogP contribution in [-0.2, 0) is 23.8 Å². The van der Waals surface area contributed by atoms with Crippen molar-refractivity contribution in [2.45, 2.75) is 73.4 Å². The minimum Gasteiger partial charge on any atom is -0.477 e. The normalized spacial score (nSPS) is 34.7. The number of aliphatic hydroxyl groups excluding tert-OH is 8. The fraction of sp³-hybridized carbons (Fsp3) is 0.652. The van der Waals surface area contributed by atoms with Crippen LogP contribution < -0.4 is 10.1 Å². The van der Waals surface area contributed by atoms with Gasteiger partial charge in [-0.25, -0.2) is 4.79 Å². The van der Waals surface area contributed by atoms with Crippen LogP contribution in [0.15, 0.2) is 24.3 Å².